The molecule has 1 aromatic carbocycles. The van der Waals surface area contributed by atoms with Crippen molar-refractivity contribution in [2.45, 2.75) is 44.6 Å². The second kappa shape index (κ2) is 4.69. The Morgan fingerprint density at radius 1 is 1.12 bits per heavy atom. The number of aryl methyl sites for hydroxylation is 1. The molecule has 0 saturated carbocycles. The lowest BCUT2D eigenvalue weighted by Gasteiger charge is -2.37. The summed E-state index contributed by atoms with van der Waals surface area (Å²) in [5.74, 6) is 0.504. The minimum Gasteiger partial charge on any atom is -0.508 e. The molecule has 1 aromatic rings. The molecule has 1 aliphatic carbocycles. The van der Waals surface area contributed by atoms with Crippen LogP contribution in [0.25, 0.3) is 0 Å². The van der Waals surface area contributed by atoms with Crippen LogP contribution in [0, 0.1) is 0 Å². The largest absolute Gasteiger partial charge is 0.508 e. The summed E-state index contributed by atoms with van der Waals surface area (Å²) in [6.45, 7) is 2.52. The van der Waals surface area contributed by atoms with Crippen molar-refractivity contribution >= 4 is 0 Å². The first kappa shape index (κ1) is 11.1. The van der Waals surface area contributed by atoms with E-state index >= 15 is 0 Å². The molecule has 0 bridgehead atoms. The van der Waals surface area contributed by atoms with Gasteiger partial charge >= 0.3 is 0 Å². The van der Waals surface area contributed by atoms with Crippen LogP contribution in [0.5, 0.6) is 5.75 Å². The molecular formula is C15H21NO. The van der Waals surface area contributed by atoms with Crippen LogP contribution in [0.3, 0.4) is 0 Å². The Bertz CT molecular complexity index is 396. The lowest BCUT2D eigenvalue weighted by molar-refractivity contribution is 0.149. The number of likely N-dealkylation sites (tertiary alicyclic amines) is 1. The number of piperidine rings is 1. The number of benzene rings is 1. The highest BCUT2D eigenvalue weighted by atomic mass is 16.3. The van der Waals surface area contributed by atoms with Gasteiger partial charge in [0.15, 0.2) is 0 Å². The molecule has 0 aromatic heterocycles. The second-order valence-corrected chi connectivity index (χ2v) is 5.41. The van der Waals surface area contributed by atoms with Crippen LogP contribution < -0.4 is 0 Å². The van der Waals surface area contributed by atoms with Gasteiger partial charge in [0, 0.05) is 6.04 Å². The van der Waals surface area contributed by atoms with Crippen molar-refractivity contribution in [1.29, 1.82) is 0 Å². The first-order valence-corrected chi connectivity index (χ1v) is 6.88. The van der Waals surface area contributed by atoms with Crippen molar-refractivity contribution in [2.75, 3.05) is 13.1 Å². The fourth-order valence-corrected chi connectivity index (χ4v) is 3.35. The van der Waals surface area contributed by atoms with Crippen LogP contribution in [-0.4, -0.2) is 29.1 Å². The van der Waals surface area contributed by atoms with E-state index in [9.17, 15) is 5.11 Å². The molecule has 1 N–H and O–H groups in total. The summed E-state index contributed by atoms with van der Waals surface area (Å²) in [6, 6.07) is 6.63. The molecule has 2 nitrogen and oxygen atoms in total. The molecule has 1 aliphatic heterocycles. The molecule has 92 valence electrons. The molecule has 1 fully saturated rings. The van der Waals surface area contributed by atoms with Crippen molar-refractivity contribution in [2.24, 2.45) is 0 Å². The van der Waals surface area contributed by atoms with Gasteiger partial charge in [0.25, 0.3) is 0 Å². The monoisotopic (exact) mass is 231 g/mol. The third-order valence-corrected chi connectivity index (χ3v) is 4.34. The topological polar surface area (TPSA) is 23.5 Å². The molecule has 17 heavy (non-hydrogen) atoms. The number of aromatic hydroxyl groups is 1. The Kier molecular flexibility index (Phi) is 3.06. The second-order valence-electron chi connectivity index (χ2n) is 5.41. The van der Waals surface area contributed by atoms with E-state index in [1.165, 1.54) is 49.9 Å². The van der Waals surface area contributed by atoms with E-state index in [0.29, 0.717) is 11.8 Å². The molecule has 1 heterocycles. The van der Waals surface area contributed by atoms with E-state index in [0.717, 1.165) is 12.8 Å². The Morgan fingerprint density at radius 2 is 1.94 bits per heavy atom. The molecule has 1 unspecified atom stereocenters. The summed E-state index contributed by atoms with van der Waals surface area (Å²) < 4.78 is 0. The lowest BCUT2D eigenvalue weighted by atomic mass is 9.86. The van der Waals surface area contributed by atoms with Crippen LogP contribution in [0.15, 0.2) is 18.2 Å². The van der Waals surface area contributed by atoms with Crippen molar-refractivity contribution in [3.63, 3.8) is 0 Å². The van der Waals surface area contributed by atoms with Gasteiger partial charge in [-0.05, 0) is 62.4 Å². The van der Waals surface area contributed by atoms with Gasteiger partial charge < -0.3 is 10.0 Å². The van der Waals surface area contributed by atoms with Gasteiger partial charge in [0.05, 0.1) is 0 Å². The summed E-state index contributed by atoms with van der Waals surface area (Å²) in [5, 5.41) is 9.95. The fraction of sp³-hybridized carbons (Fsp3) is 0.600. The zero-order valence-electron chi connectivity index (χ0n) is 10.4. The SMILES string of the molecule is Oc1cccc2c1CC(N1CCCCC1)CC2. The van der Waals surface area contributed by atoms with E-state index in [4.69, 9.17) is 0 Å². The highest BCUT2D eigenvalue weighted by molar-refractivity contribution is 5.41. The zero-order chi connectivity index (χ0) is 11.7. The quantitative estimate of drug-likeness (QED) is 0.803. The Balaban J connectivity index is 1.77. The summed E-state index contributed by atoms with van der Waals surface area (Å²) in [7, 11) is 0. The van der Waals surface area contributed by atoms with E-state index in [2.05, 4.69) is 11.0 Å². The van der Waals surface area contributed by atoms with Crippen molar-refractivity contribution in [1.82, 2.24) is 4.90 Å². The Hall–Kier alpha value is -1.02. The Labute approximate surface area is 103 Å². The molecule has 0 spiro atoms. The summed E-state index contributed by atoms with van der Waals surface area (Å²) in [5.41, 5.74) is 2.56. The zero-order valence-corrected chi connectivity index (χ0v) is 10.4. The number of phenolic OH excluding ortho intramolecular Hbond substituents is 1. The number of nitrogens with zero attached hydrogens (tertiary/aromatic N) is 1. The van der Waals surface area contributed by atoms with Gasteiger partial charge in [0.2, 0.25) is 0 Å². The molecule has 2 heteroatoms. The van der Waals surface area contributed by atoms with Crippen molar-refractivity contribution < 1.29 is 5.11 Å². The van der Waals surface area contributed by atoms with Gasteiger partial charge in [-0.25, -0.2) is 0 Å². The van der Waals surface area contributed by atoms with Gasteiger partial charge in [-0.15, -0.1) is 0 Å². The molecule has 1 atom stereocenters. The minimum atomic E-state index is 0.504. The third kappa shape index (κ3) is 2.19. The molecule has 3 rings (SSSR count). The lowest BCUT2D eigenvalue weighted by Crippen LogP contribution is -2.42. The van der Waals surface area contributed by atoms with Gasteiger partial charge in [0.1, 0.15) is 5.75 Å². The van der Waals surface area contributed by atoms with E-state index in [-0.39, 0.29) is 0 Å². The maximum Gasteiger partial charge on any atom is 0.119 e. The number of rotatable bonds is 1. The maximum absolute atomic E-state index is 9.95. The van der Waals surface area contributed by atoms with Gasteiger partial charge in [-0.2, -0.15) is 0 Å². The van der Waals surface area contributed by atoms with Crippen LogP contribution >= 0.6 is 0 Å². The molecule has 0 amide bonds. The first-order chi connectivity index (χ1) is 8.34. The van der Waals surface area contributed by atoms with Gasteiger partial charge in [-0.1, -0.05) is 18.6 Å². The number of hydrogen-bond donors (Lipinski definition) is 1. The Morgan fingerprint density at radius 3 is 2.76 bits per heavy atom. The standard InChI is InChI=1S/C15H21NO/c17-15-6-4-5-12-7-8-13(11-14(12)15)16-9-2-1-3-10-16/h4-6,13,17H,1-3,7-11H2. The normalized spacial score (nSPS) is 25.5. The smallest absolute Gasteiger partial charge is 0.119 e. The summed E-state index contributed by atoms with van der Waals surface area (Å²) in [4.78, 5) is 2.64. The van der Waals surface area contributed by atoms with Crippen LogP contribution in [0.4, 0.5) is 0 Å². The van der Waals surface area contributed by atoms with Crippen LogP contribution in [-0.2, 0) is 12.8 Å². The number of hydrogen-bond acceptors (Lipinski definition) is 2. The molecule has 2 aliphatic rings. The fourth-order valence-electron chi connectivity index (χ4n) is 3.35. The average molecular weight is 231 g/mol. The molecule has 0 radical (unpaired) electrons. The average Bonchev–Trinajstić information content (AvgIpc) is 2.40. The summed E-state index contributed by atoms with van der Waals surface area (Å²) in [6.07, 6.45) is 7.53. The van der Waals surface area contributed by atoms with E-state index < -0.39 is 0 Å². The highest BCUT2D eigenvalue weighted by Gasteiger charge is 2.26. The third-order valence-electron chi connectivity index (χ3n) is 4.34. The van der Waals surface area contributed by atoms with Crippen molar-refractivity contribution in [3.05, 3.63) is 29.3 Å². The predicted octanol–water partition coefficient (Wildman–Crippen LogP) is 2.74. The summed E-state index contributed by atoms with van der Waals surface area (Å²) >= 11 is 0. The highest BCUT2D eigenvalue weighted by Crippen LogP contribution is 2.31. The van der Waals surface area contributed by atoms with Gasteiger partial charge in [-0.3, -0.25) is 0 Å². The van der Waals surface area contributed by atoms with Crippen LogP contribution in [0.2, 0.25) is 0 Å². The minimum absolute atomic E-state index is 0.504. The van der Waals surface area contributed by atoms with E-state index in [1.807, 2.05) is 12.1 Å². The predicted molar refractivity (Wildman–Crippen MR) is 69.3 cm³/mol. The van der Waals surface area contributed by atoms with Crippen LogP contribution in [0.1, 0.15) is 36.8 Å². The number of fused-ring (bicyclic) bond motifs is 1. The molecule has 1 saturated heterocycles. The number of phenols is 1. The maximum atomic E-state index is 9.95. The van der Waals surface area contributed by atoms with Crippen molar-refractivity contribution in [3.8, 4) is 5.75 Å². The van der Waals surface area contributed by atoms with E-state index in [1.54, 1.807) is 0 Å². The first-order valence-electron chi connectivity index (χ1n) is 6.88. The molecular weight excluding hydrogens is 210 g/mol.